The molecule has 9 heterocycles. The van der Waals surface area contributed by atoms with E-state index in [1.807, 2.05) is 79.3 Å². The number of hydrogen-bond donors (Lipinski definition) is 0. The number of fused-ring (bicyclic) bond motifs is 21. The van der Waals surface area contributed by atoms with E-state index in [9.17, 15) is 0 Å². The van der Waals surface area contributed by atoms with Crippen LogP contribution < -0.4 is 0 Å². The molecular weight excluding hydrogens is 2190 g/mol. The SMILES string of the molecule is Cn1c(-c2[c-]c3c(cc2)c2cccc(-c4ccc5c(c4)Cc4ccccc4-5)c2n3-c2[c-]c(-c3ccccn3)ccc2)nc2ccccc21.Cn1c(-c2[c-]c3c(cc2)c2ccccc2n3-c2[c-]c(-c3ccccn3)ccc2)nc2cc3c(cc21)-c1ccccc1C3.Cn1c(-c2[c-]c3c(cc2)c2ccccc2n3-c2[c-]c(-c3ccccn3)ccc2)nc2cc3c(cc21)Cc1ccccc1-3.[Pt+2].[Pt+2].[Pt+2]. The topological polar surface area (TPSA) is 107 Å². The number of hydrogen-bond acceptors (Lipinski definition) is 6. The molecule has 0 spiro atoms. The number of aromatic nitrogens is 12. The van der Waals surface area contributed by atoms with E-state index in [1.54, 1.807) is 0 Å². The van der Waals surface area contributed by atoms with Crippen molar-refractivity contribution in [2.45, 2.75) is 19.3 Å². The van der Waals surface area contributed by atoms with Gasteiger partial charge in [-0.2, -0.15) is 0 Å². The number of rotatable bonds is 10. The summed E-state index contributed by atoms with van der Waals surface area (Å²) in [6.45, 7) is 0. The maximum Gasteiger partial charge on any atom is 2.00 e. The Labute approximate surface area is 822 Å². The van der Waals surface area contributed by atoms with Gasteiger partial charge in [0.2, 0.25) is 0 Å². The number of nitrogens with zero attached hydrogens (tertiary/aromatic N) is 12. The molecule has 16 aromatic carbocycles. The molecule has 0 saturated carbocycles. The summed E-state index contributed by atoms with van der Waals surface area (Å²) in [5.41, 5.74) is 42.6. The van der Waals surface area contributed by atoms with Gasteiger partial charge in [-0.05, 0) is 225 Å². The minimum Gasteiger partial charge on any atom is -0.367 e. The second-order valence-corrected chi connectivity index (χ2v) is 34.5. The number of pyridine rings is 3. The van der Waals surface area contributed by atoms with Crippen molar-refractivity contribution >= 4 is 98.5 Å². The number of benzene rings is 16. The van der Waals surface area contributed by atoms with Crippen molar-refractivity contribution in [3.05, 3.63) is 440 Å². The van der Waals surface area contributed by atoms with E-state index >= 15 is 0 Å². The first-order chi connectivity index (χ1) is 65.2. The summed E-state index contributed by atoms with van der Waals surface area (Å²) in [5.74, 6) is 2.71. The maximum atomic E-state index is 5.16. The van der Waals surface area contributed by atoms with Crippen LogP contribution in [0.1, 0.15) is 33.4 Å². The van der Waals surface area contributed by atoms with Crippen LogP contribution in [0.3, 0.4) is 0 Å². The predicted molar refractivity (Wildman–Crippen MR) is 534 cm³/mol. The summed E-state index contributed by atoms with van der Waals surface area (Å²) in [5, 5.41) is 7.00. The third-order valence-corrected chi connectivity index (χ3v) is 27.0. The first kappa shape index (κ1) is 84.1. The fraction of sp³-hybridized carbons (Fsp3) is 0.0500. The third-order valence-electron chi connectivity index (χ3n) is 27.0. The van der Waals surface area contributed by atoms with Crippen molar-refractivity contribution in [3.63, 3.8) is 0 Å². The quantitative estimate of drug-likeness (QED) is 0.126. The molecule has 0 amide bonds. The van der Waals surface area contributed by atoms with Gasteiger partial charge in [0.1, 0.15) is 0 Å². The Morgan fingerprint density at radius 1 is 0.230 bits per heavy atom. The van der Waals surface area contributed by atoms with Crippen LogP contribution in [-0.4, -0.2) is 57.3 Å². The van der Waals surface area contributed by atoms with E-state index in [0.717, 1.165) is 187 Å². The molecule has 28 rings (SSSR count). The van der Waals surface area contributed by atoms with Gasteiger partial charge in [-0.1, -0.05) is 210 Å². The Morgan fingerprint density at radius 2 is 0.600 bits per heavy atom. The van der Waals surface area contributed by atoms with Gasteiger partial charge in [0.25, 0.3) is 0 Å². The molecule has 0 fully saturated rings. The Hall–Kier alpha value is -15.2. The molecule has 135 heavy (non-hydrogen) atoms. The monoisotopic (exact) mass is 2270 g/mol. The van der Waals surface area contributed by atoms with Crippen molar-refractivity contribution in [3.8, 4) is 130 Å². The minimum absolute atomic E-state index is 0. The van der Waals surface area contributed by atoms with Crippen LogP contribution in [-0.2, 0) is 104 Å². The van der Waals surface area contributed by atoms with Crippen molar-refractivity contribution in [1.82, 2.24) is 57.3 Å². The van der Waals surface area contributed by atoms with Crippen LogP contribution in [0, 0.1) is 36.4 Å². The fourth-order valence-corrected chi connectivity index (χ4v) is 20.7. The molecule has 3 aliphatic rings. The van der Waals surface area contributed by atoms with Gasteiger partial charge < -0.3 is 42.4 Å². The second kappa shape index (κ2) is 34.1. The minimum atomic E-state index is 0. The van der Waals surface area contributed by atoms with E-state index in [1.165, 1.54) is 94.0 Å². The first-order valence-corrected chi connectivity index (χ1v) is 44.7. The Morgan fingerprint density at radius 3 is 1.10 bits per heavy atom. The summed E-state index contributed by atoms with van der Waals surface area (Å²) in [7, 11) is 6.29. The maximum absolute atomic E-state index is 5.16. The van der Waals surface area contributed by atoms with Crippen LogP contribution in [0.4, 0.5) is 0 Å². The van der Waals surface area contributed by atoms with Gasteiger partial charge in [0.05, 0.1) is 50.6 Å². The average Bonchev–Trinajstić information content (AvgIpc) is 1.58. The van der Waals surface area contributed by atoms with Crippen molar-refractivity contribution in [2.75, 3.05) is 0 Å². The molecule has 0 atom stereocenters. The van der Waals surface area contributed by atoms with E-state index in [0.29, 0.717) is 0 Å². The van der Waals surface area contributed by atoms with Gasteiger partial charge in [-0.15, -0.1) is 161 Å². The molecule has 3 aliphatic carbocycles. The van der Waals surface area contributed by atoms with Crippen LogP contribution >= 0.6 is 0 Å². The molecule has 0 N–H and O–H groups in total. The van der Waals surface area contributed by atoms with Crippen LogP contribution in [0.25, 0.3) is 228 Å². The summed E-state index contributed by atoms with van der Waals surface area (Å²) < 4.78 is 13.4. The molecule has 25 aromatic rings. The summed E-state index contributed by atoms with van der Waals surface area (Å²) >= 11 is 0. The molecule has 646 valence electrons. The standard InChI is InChI=1S/C44H28N4.2C38H24N4.3Pt/c1-47-41-18-5-4-17-40(41)46-44(47)31-20-22-37-38-15-9-14-36(29-19-21-35-32(25-29)24-28-10-2-3-13-34(28)35)43(38)48(42(37)27-31)33-12-8-11-30(26-33)39-16-6-7-23-45-39;1-41-37-23-32-27(19-24-9-2-3-12-29(24)32)21-34(37)40-38(41)26-16-17-31-30-13-4-5-15-35(30)42(36(31)22-26)28-11-8-10-25(20-28)33-14-6-7-18-39-33;1-41-37-22-27-19-24-9-2-3-12-29(24)32(27)23-34(37)40-38(41)26-16-17-31-30-13-4-5-15-35(30)42(36(31)21-26)28-11-8-10-25(20-28)33-14-6-7-18-39-33;;;/h2-23,25H,24H2,1H3;2-18,21,23H,19H2,1H3;2-18,22-23H,19H2,1H3;;;/q3*-2;3*+2. The zero-order chi connectivity index (χ0) is 87.3. The molecule has 0 bridgehead atoms. The summed E-state index contributed by atoms with van der Waals surface area (Å²) in [4.78, 5) is 29.1. The van der Waals surface area contributed by atoms with Crippen molar-refractivity contribution in [1.29, 1.82) is 0 Å². The number of imidazole rings is 3. The fourth-order valence-electron chi connectivity index (χ4n) is 20.7. The zero-order valence-corrected chi connectivity index (χ0v) is 80.0. The summed E-state index contributed by atoms with van der Waals surface area (Å²) in [6, 6.07) is 146. The molecule has 12 nitrogen and oxygen atoms in total. The van der Waals surface area contributed by atoms with E-state index in [2.05, 4.69) is 391 Å². The van der Waals surface area contributed by atoms with Gasteiger partial charge in [0, 0.05) is 61.8 Å². The molecule has 0 radical (unpaired) electrons. The molecule has 9 aromatic heterocycles. The number of aryl methyl sites for hydroxylation is 3. The predicted octanol–water partition coefficient (Wildman–Crippen LogP) is 27.4. The smallest absolute Gasteiger partial charge is 0.367 e. The molecular formula is C120H76N12Pt3. The van der Waals surface area contributed by atoms with Gasteiger partial charge in [-0.3, -0.25) is 15.0 Å². The first-order valence-electron chi connectivity index (χ1n) is 44.7. The van der Waals surface area contributed by atoms with Crippen molar-refractivity contribution in [2.24, 2.45) is 21.1 Å². The Balaban J connectivity index is 0.000000113. The summed E-state index contributed by atoms with van der Waals surface area (Å²) in [6.07, 6.45) is 8.35. The molecule has 0 aliphatic heterocycles. The van der Waals surface area contributed by atoms with E-state index < -0.39 is 0 Å². The van der Waals surface area contributed by atoms with Crippen LogP contribution in [0.5, 0.6) is 0 Å². The Bertz CT molecular complexity index is 8870. The van der Waals surface area contributed by atoms with Crippen LogP contribution in [0.2, 0.25) is 0 Å². The van der Waals surface area contributed by atoms with E-state index in [-0.39, 0.29) is 63.2 Å². The molecule has 0 unspecified atom stereocenters. The van der Waals surface area contributed by atoms with E-state index in [4.69, 9.17) is 15.0 Å². The van der Waals surface area contributed by atoms with Gasteiger partial charge in [0.15, 0.2) is 0 Å². The second-order valence-electron chi connectivity index (χ2n) is 34.5. The zero-order valence-electron chi connectivity index (χ0n) is 73.2. The number of para-hydroxylation sites is 5. The molecule has 15 heteroatoms. The largest absolute Gasteiger partial charge is 2.00 e. The molecule has 0 saturated heterocycles. The van der Waals surface area contributed by atoms with Gasteiger partial charge >= 0.3 is 63.2 Å². The van der Waals surface area contributed by atoms with Crippen molar-refractivity contribution < 1.29 is 63.2 Å². The van der Waals surface area contributed by atoms with Gasteiger partial charge in [-0.25, -0.2) is 0 Å². The normalized spacial score (nSPS) is 12.0. The Kier molecular flexibility index (Phi) is 21.3. The van der Waals surface area contributed by atoms with Crippen LogP contribution in [0.15, 0.2) is 370 Å². The third kappa shape index (κ3) is 14.1. The average molecular weight is 2270 g/mol.